The maximum atomic E-state index is 14.6. The molecule has 1 atom stereocenters. The quantitative estimate of drug-likeness (QED) is 0.330. The first-order valence-corrected chi connectivity index (χ1v) is 14.8. The minimum atomic E-state index is -4.03. The number of anilines is 1. The molecule has 0 aromatic heterocycles. The van der Waals surface area contributed by atoms with Crippen molar-refractivity contribution in [1.29, 1.82) is 0 Å². The average molecular weight is 605 g/mol. The van der Waals surface area contributed by atoms with Crippen LogP contribution in [0.4, 0.5) is 10.1 Å². The molecule has 0 spiro atoms. The van der Waals surface area contributed by atoms with Gasteiger partial charge in [0, 0.05) is 24.0 Å². The number of carbonyl (C=O) groups excluding carboxylic acids is 2. The Kier molecular flexibility index (Phi) is 10.4. The van der Waals surface area contributed by atoms with Gasteiger partial charge >= 0.3 is 0 Å². The number of sulfonamides is 1. The van der Waals surface area contributed by atoms with Crippen LogP contribution in [0.5, 0.6) is 0 Å². The number of halogens is 2. The summed E-state index contributed by atoms with van der Waals surface area (Å²) in [6, 6.07) is 21.0. The Morgan fingerprint density at radius 1 is 0.947 bits per heavy atom. The monoisotopic (exact) mass is 603 g/mol. The lowest BCUT2D eigenvalue weighted by Crippen LogP contribution is -2.53. The van der Waals surface area contributed by atoms with Crippen LogP contribution in [0.25, 0.3) is 0 Å². The van der Waals surface area contributed by atoms with Gasteiger partial charge in [-0.15, -0.1) is 0 Å². The van der Waals surface area contributed by atoms with Gasteiger partial charge in [-0.05, 0) is 41.8 Å². The summed E-state index contributed by atoms with van der Waals surface area (Å²) in [7, 11) is -4.03. The van der Waals surface area contributed by atoms with E-state index >= 15 is 0 Å². The zero-order valence-corrected chi connectivity index (χ0v) is 23.7. The molecule has 0 aliphatic rings. The third-order valence-electron chi connectivity index (χ3n) is 5.89. The van der Waals surface area contributed by atoms with E-state index in [-0.39, 0.29) is 24.6 Å². The lowest BCUT2D eigenvalue weighted by atomic mass is 10.0. The third-order valence-corrected chi connectivity index (χ3v) is 7.54. The van der Waals surface area contributed by atoms with E-state index in [0.29, 0.717) is 13.0 Å². The van der Waals surface area contributed by atoms with Crippen LogP contribution in [0.3, 0.4) is 0 Å². The van der Waals surface area contributed by atoms with E-state index in [0.717, 1.165) is 32.2 Å². The van der Waals surface area contributed by atoms with E-state index < -0.39 is 34.3 Å². The molecule has 0 unspecified atom stereocenters. The van der Waals surface area contributed by atoms with Crippen molar-refractivity contribution in [3.63, 3.8) is 0 Å². The molecule has 0 aliphatic heterocycles. The Hall–Kier alpha value is -3.24. The number of nitrogens with one attached hydrogen (secondary N) is 1. The molecule has 3 aromatic carbocycles. The van der Waals surface area contributed by atoms with Crippen molar-refractivity contribution < 1.29 is 22.4 Å². The number of hydrogen-bond acceptors (Lipinski definition) is 4. The van der Waals surface area contributed by atoms with Crippen molar-refractivity contribution in [2.24, 2.45) is 0 Å². The van der Waals surface area contributed by atoms with E-state index in [2.05, 4.69) is 21.2 Å². The van der Waals surface area contributed by atoms with E-state index in [1.807, 2.05) is 61.5 Å². The maximum Gasteiger partial charge on any atom is 0.244 e. The summed E-state index contributed by atoms with van der Waals surface area (Å²) in [6.45, 7) is 1.74. The number of para-hydroxylation sites is 1. The van der Waals surface area contributed by atoms with E-state index in [9.17, 15) is 22.4 Å². The number of amides is 2. The predicted molar refractivity (Wildman–Crippen MR) is 151 cm³/mol. The lowest BCUT2D eigenvalue weighted by Gasteiger charge is -2.33. The minimum Gasteiger partial charge on any atom is -0.354 e. The molecule has 202 valence electrons. The van der Waals surface area contributed by atoms with E-state index in [1.165, 1.54) is 23.1 Å². The first kappa shape index (κ1) is 29.3. The molecule has 2 amide bonds. The number of rotatable bonds is 12. The fraction of sp³-hybridized carbons (Fsp3) is 0.286. The summed E-state index contributed by atoms with van der Waals surface area (Å²) < 4.78 is 41.6. The molecular formula is C28H31BrFN3O4S. The molecule has 38 heavy (non-hydrogen) atoms. The number of benzene rings is 3. The maximum absolute atomic E-state index is 14.6. The Labute approximate surface area is 231 Å². The lowest BCUT2D eigenvalue weighted by molar-refractivity contribution is -0.140. The zero-order valence-electron chi connectivity index (χ0n) is 21.3. The standard InChI is InChI=1S/C28H31BrFN3O4S/c1-3-17-31-28(35)26(18-21-9-5-4-6-10-21)32(19-22-13-15-23(29)16-14-22)27(34)20-33(38(2,36)37)25-12-8-7-11-24(25)30/h4-16,26H,3,17-20H2,1-2H3,(H,31,35)/t26-/m1/s1. The van der Waals surface area contributed by atoms with Crippen molar-refractivity contribution >= 4 is 43.5 Å². The van der Waals surface area contributed by atoms with E-state index in [4.69, 9.17) is 0 Å². The van der Waals surface area contributed by atoms with E-state index in [1.54, 1.807) is 0 Å². The van der Waals surface area contributed by atoms with Crippen LogP contribution in [-0.4, -0.2) is 50.5 Å². The second-order valence-corrected chi connectivity index (χ2v) is 11.7. The normalized spacial score (nSPS) is 12.0. The molecule has 7 nitrogen and oxygen atoms in total. The largest absolute Gasteiger partial charge is 0.354 e. The van der Waals surface area contributed by atoms with Crippen LogP contribution in [0.1, 0.15) is 24.5 Å². The highest BCUT2D eigenvalue weighted by Gasteiger charge is 2.33. The number of carbonyl (C=O) groups is 2. The Bertz CT molecular complexity index is 1340. The van der Waals surface area contributed by atoms with Gasteiger partial charge < -0.3 is 10.2 Å². The molecule has 0 saturated heterocycles. The van der Waals surface area contributed by atoms with Gasteiger partial charge in [0.15, 0.2) is 0 Å². The van der Waals surface area contributed by atoms with Gasteiger partial charge in [-0.1, -0.05) is 77.5 Å². The highest BCUT2D eigenvalue weighted by molar-refractivity contribution is 9.10. The Morgan fingerprint density at radius 3 is 2.18 bits per heavy atom. The fourth-order valence-corrected chi connectivity index (χ4v) is 5.07. The highest BCUT2D eigenvalue weighted by Crippen LogP contribution is 2.23. The first-order chi connectivity index (χ1) is 18.1. The van der Waals surface area contributed by atoms with Crippen LogP contribution in [0.2, 0.25) is 0 Å². The van der Waals surface area contributed by atoms with Crippen LogP contribution in [0, 0.1) is 5.82 Å². The second-order valence-electron chi connectivity index (χ2n) is 8.87. The van der Waals surface area contributed by atoms with Gasteiger partial charge in [0.05, 0.1) is 11.9 Å². The van der Waals surface area contributed by atoms with Gasteiger partial charge in [-0.25, -0.2) is 12.8 Å². The predicted octanol–water partition coefficient (Wildman–Crippen LogP) is 4.52. The molecule has 10 heteroatoms. The molecule has 3 rings (SSSR count). The molecular weight excluding hydrogens is 573 g/mol. The summed E-state index contributed by atoms with van der Waals surface area (Å²) in [5.41, 5.74) is 1.36. The van der Waals surface area contributed by atoms with Crippen molar-refractivity contribution in [3.05, 3.63) is 100 Å². The molecule has 0 aliphatic carbocycles. The summed E-state index contributed by atoms with van der Waals surface area (Å²) >= 11 is 3.40. The Balaban J connectivity index is 2.04. The van der Waals surface area contributed by atoms with Crippen molar-refractivity contribution in [2.75, 3.05) is 23.7 Å². The second kappa shape index (κ2) is 13.5. The van der Waals surface area contributed by atoms with Gasteiger partial charge in [0.2, 0.25) is 21.8 Å². The number of hydrogen-bond donors (Lipinski definition) is 1. The minimum absolute atomic E-state index is 0.0536. The Morgan fingerprint density at radius 2 is 1.58 bits per heavy atom. The molecule has 0 fully saturated rings. The molecule has 0 heterocycles. The fourth-order valence-electron chi connectivity index (χ4n) is 3.96. The number of nitrogens with zero attached hydrogens (tertiary/aromatic N) is 2. The molecule has 3 aromatic rings. The summed E-state index contributed by atoms with van der Waals surface area (Å²) in [4.78, 5) is 28.6. The van der Waals surface area contributed by atoms with Crippen molar-refractivity contribution in [1.82, 2.24) is 10.2 Å². The summed E-state index contributed by atoms with van der Waals surface area (Å²) in [5.74, 6) is -1.75. The zero-order chi connectivity index (χ0) is 27.7. The SMILES string of the molecule is CCCNC(=O)[C@@H](Cc1ccccc1)N(Cc1ccc(Br)cc1)C(=O)CN(c1ccccc1F)S(C)(=O)=O. The van der Waals surface area contributed by atoms with Crippen molar-refractivity contribution in [3.8, 4) is 0 Å². The first-order valence-electron chi connectivity index (χ1n) is 12.2. The van der Waals surface area contributed by atoms with Crippen molar-refractivity contribution in [2.45, 2.75) is 32.4 Å². The van der Waals surface area contributed by atoms with Gasteiger partial charge in [0.25, 0.3) is 0 Å². The van der Waals surface area contributed by atoms with Crippen LogP contribution in [0.15, 0.2) is 83.3 Å². The summed E-state index contributed by atoms with van der Waals surface area (Å²) in [5, 5.41) is 2.88. The molecule has 1 N–H and O–H groups in total. The molecule has 0 saturated carbocycles. The van der Waals surface area contributed by atoms with Crippen LogP contribution < -0.4 is 9.62 Å². The highest BCUT2D eigenvalue weighted by atomic mass is 79.9. The third kappa shape index (κ3) is 8.13. The summed E-state index contributed by atoms with van der Waals surface area (Å²) in [6.07, 6.45) is 1.85. The molecule has 0 radical (unpaired) electrons. The average Bonchev–Trinajstić information content (AvgIpc) is 2.89. The van der Waals surface area contributed by atoms with Crippen LogP contribution in [-0.2, 0) is 32.6 Å². The molecule has 0 bridgehead atoms. The topological polar surface area (TPSA) is 86.8 Å². The van der Waals surface area contributed by atoms with Gasteiger partial charge in [-0.3, -0.25) is 13.9 Å². The van der Waals surface area contributed by atoms with Gasteiger partial charge in [0.1, 0.15) is 18.4 Å². The van der Waals surface area contributed by atoms with Gasteiger partial charge in [-0.2, -0.15) is 0 Å². The smallest absolute Gasteiger partial charge is 0.244 e. The van der Waals surface area contributed by atoms with Crippen LogP contribution >= 0.6 is 15.9 Å².